The van der Waals surface area contributed by atoms with Crippen molar-refractivity contribution in [3.05, 3.63) is 24.8 Å². The standard InChI is InChI=1S/C10H16O3/c1-2-3-9-5-4-8(6-11)10(7-12)13-9/h2,4-5,8-12H,1,3,6-7H2/t8-,9-,10-/m0/s1. The van der Waals surface area contributed by atoms with Crippen molar-refractivity contribution in [2.24, 2.45) is 5.92 Å². The van der Waals surface area contributed by atoms with Gasteiger partial charge in [-0.2, -0.15) is 0 Å². The van der Waals surface area contributed by atoms with Gasteiger partial charge >= 0.3 is 0 Å². The largest absolute Gasteiger partial charge is 0.396 e. The molecular formula is C10H16O3. The molecule has 0 aliphatic carbocycles. The van der Waals surface area contributed by atoms with Crippen molar-refractivity contribution in [3.8, 4) is 0 Å². The minimum Gasteiger partial charge on any atom is -0.396 e. The smallest absolute Gasteiger partial charge is 0.0898 e. The molecule has 13 heavy (non-hydrogen) atoms. The molecule has 0 aromatic heterocycles. The van der Waals surface area contributed by atoms with Crippen LogP contribution in [-0.2, 0) is 4.74 Å². The molecule has 0 unspecified atom stereocenters. The van der Waals surface area contributed by atoms with Crippen LogP contribution in [0.3, 0.4) is 0 Å². The molecule has 74 valence electrons. The molecule has 0 bridgehead atoms. The summed E-state index contributed by atoms with van der Waals surface area (Å²) in [5, 5.41) is 17.9. The molecule has 2 N–H and O–H groups in total. The van der Waals surface area contributed by atoms with Crippen LogP contribution in [0.2, 0.25) is 0 Å². The van der Waals surface area contributed by atoms with Gasteiger partial charge in [-0.1, -0.05) is 18.2 Å². The number of ether oxygens (including phenoxy) is 1. The topological polar surface area (TPSA) is 49.7 Å². The van der Waals surface area contributed by atoms with E-state index in [1.54, 1.807) is 6.08 Å². The monoisotopic (exact) mass is 184 g/mol. The predicted molar refractivity (Wildman–Crippen MR) is 50.3 cm³/mol. The Morgan fingerprint density at radius 2 is 2.08 bits per heavy atom. The summed E-state index contributed by atoms with van der Waals surface area (Å²) in [5.41, 5.74) is 0. The van der Waals surface area contributed by atoms with Crippen molar-refractivity contribution in [2.45, 2.75) is 18.6 Å². The van der Waals surface area contributed by atoms with Crippen LogP contribution >= 0.6 is 0 Å². The van der Waals surface area contributed by atoms with Gasteiger partial charge in [-0.3, -0.25) is 0 Å². The van der Waals surface area contributed by atoms with E-state index in [1.807, 2.05) is 12.2 Å². The summed E-state index contributed by atoms with van der Waals surface area (Å²) in [6, 6.07) is 0. The molecule has 3 atom stereocenters. The van der Waals surface area contributed by atoms with E-state index in [1.165, 1.54) is 0 Å². The highest BCUT2D eigenvalue weighted by Crippen LogP contribution is 2.19. The molecule has 3 nitrogen and oxygen atoms in total. The molecule has 0 spiro atoms. The van der Waals surface area contributed by atoms with Crippen LogP contribution in [0, 0.1) is 5.92 Å². The SMILES string of the molecule is C=CC[C@H]1C=C[C@@H](CO)[C@H](CO)O1. The number of hydrogen-bond acceptors (Lipinski definition) is 3. The normalized spacial score (nSPS) is 33.2. The summed E-state index contributed by atoms with van der Waals surface area (Å²) in [4.78, 5) is 0. The van der Waals surface area contributed by atoms with Gasteiger partial charge in [-0.25, -0.2) is 0 Å². The zero-order valence-corrected chi connectivity index (χ0v) is 7.60. The highest BCUT2D eigenvalue weighted by Gasteiger charge is 2.25. The average Bonchev–Trinajstić information content (AvgIpc) is 2.18. The number of rotatable bonds is 4. The zero-order valence-electron chi connectivity index (χ0n) is 7.60. The number of aliphatic hydroxyl groups excluding tert-OH is 2. The minimum absolute atomic E-state index is 0.00236. The summed E-state index contributed by atoms with van der Waals surface area (Å²) in [5.74, 6) is -0.0777. The van der Waals surface area contributed by atoms with Crippen molar-refractivity contribution in [3.63, 3.8) is 0 Å². The van der Waals surface area contributed by atoms with E-state index in [4.69, 9.17) is 14.9 Å². The Morgan fingerprint density at radius 1 is 1.31 bits per heavy atom. The third-order valence-corrected chi connectivity index (χ3v) is 2.19. The maximum atomic E-state index is 8.98. The first-order valence-electron chi connectivity index (χ1n) is 4.48. The van der Waals surface area contributed by atoms with E-state index in [9.17, 15) is 0 Å². The third-order valence-electron chi connectivity index (χ3n) is 2.19. The summed E-state index contributed by atoms with van der Waals surface area (Å²) in [6.45, 7) is 3.58. The molecule has 1 aliphatic heterocycles. The summed E-state index contributed by atoms with van der Waals surface area (Å²) in [7, 11) is 0. The lowest BCUT2D eigenvalue weighted by Crippen LogP contribution is -2.35. The van der Waals surface area contributed by atoms with Gasteiger partial charge in [0.1, 0.15) is 0 Å². The molecule has 0 saturated heterocycles. The fourth-order valence-electron chi connectivity index (χ4n) is 1.42. The molecular weight excluding hydrogens is 168 g/mol. The van der Waals surface area contributed by atoms with Crippen LogP contribution in [0.25, 0.3) is 0 Å². The molecule has 0 aromatic carbocycles. The lowest BCUT2D eigenvalue weighted by atomic mass is 9.98. The quantitative estimate of drug-likeness (QED) is 0.625. The lowest BCUT2D eigenvalue weighted by molar-refractivity contribution is -0.0586. The van der Waals surface area contributed by atoms with Gasteiger partial charge in [0.05, 0.1) is 25.4 Å². The molecule has 0 fully saturated rings. The Hall–Kier alpha value is -0.640. The van der Waals surface area contributed by atoms with Gasteiger partial charge in [0.15, 0.2) is 0 Å². The van der Waals surface area contributed by atoms with E-state index >= 15 is 0 Å². The third kappa shape index (κ3) is 2.66. The Morgan fingerprint density at radius 3 is 2.62 bits per heavy atom. The summed E-state index contributed by atoms with van der Waals surface area (Å²) >= 11 is 0. The summed E-state index contributed by atoms with van der Waals surface area (Å²) in [6.07, 6.45) is 6.05. The molecule has 0 aromatic rings. The second-order valence-corrected chi connectivity index (χ2v) is 3.15. The van der Waals surface area contributed by atoms with Gasteiger partial charge in [-0.05, 0) is 6.42 Å². The average molecular weight is 184 g/mol. The Bertz CT molecular complexity index is 189. The highest BCUT2D eigenvalue weighted by molar-refractivity contribution is 5.03. The van der Waals surface area contributed by atoms with Crippen molar-refractivity contribution < 1.29 is 14.9 Å². The number of hydrogen-bond donors (Lipinski definition) is 2. The highest BCUT2D eigenvalue weighted by atomic mass is 16.5. The van der Waals surface area contributed by atoms with Crippen LogP contribution in [0.5, 0.6) is 0 Å². The maximum absolute atomic E-state index is 8.98. The molecule has 0 amide bonds. The predicted octanol–water partition coefficient (Wildman–Crippen LogP) is 0.487. The Labute approximate surface area is 78.3 Å². The fourth-order valence-corrected chi connectivity index (χ4v) is 1.42. The van der Waals surface area contributed by atoms with E-state index in [0.29, 0.717) is 0 Å². The first-order chi connectivity index (χ1) is 6.31. The lowest BCUT2D eigenvalue weighted by Gasteiger charge is -2.29. The van der Waals surface area contributed by atoms with E-state index < -0.39 is 0 Å². The maximum Gasteiger partial charge on any atom is 0.0898 e. The number of aliphatic hydroxyl groups is 2. The van der Waals surface area contributed by atoms with Crippen molar-refractivity contribution >= 4 is 0 Å². The molecule has 1 aliphatic rings. The minimum atomic E-state index is -0.278. The zero-order chi connectivity index (χ0) is 9.68. The van der Waals surface area contributed by atoms with Gasteiger partial charge < -0.3 is 14.9 Å². The van der Waals surface area contributed by atoms with Gasteiger partial charge in [0, 0.05) is 5.92 Å². The van der Waals surface area contributed by atoms with Gasteiger partial charge in [0.2, 0.25) is 0 Å². The first-order valence-corrected chi connectivity index (χ1v) is 4.48. The van der Waals surface area contributed by atoms with E-state index in [-0.39, 0.29) is 31.3 Å². The second kappa shape index (κ2) is 5.17. The molecule has 0 saturated carbocycles. The molecule has 0 radical (unpaired) electrons. The molecule has 1 rings (SSSR count). The van der Waals surface area contributed by atoms with Crippen molar-refractivity contribution in [2.75, 3.05) is 13.2 Å². The van der Waals surface area contributed by atoms with Crippen LogP contribution in [-0.4, -0.2) is 35.6 Å². The van der Waals surface area contributed by atoms with Crippen LogP contribution in [0.15, 0.2) is 24.8 Å². The molecule has 1 heterocycles. The van der Waals surface area contributed by atoms with Crippen molar-refractivity contribution in [1.29, 1.82) is 0 Å². The second-order valence-electron chi connectivity index (χ2n) is 3.15. The van der Waals surface area contributed by atoms with E-state index in [0.717, 1.165) is 6.42 Å². The van der Waals surface area contributed by atoms with Gasteiger partial charge in [0.25, 0.3) is 0 Å². The van der Waals surface area contributed by atoms with E-state index in [2.05, 4.69) is 6.58 Å². The Kier molecular flexibility index (Phi) is 4.15. The summed E-state index contributed by atoms with van der Waals surface area (Å²) < 4.78 is 5.51. The molecule has 3 heteroatoms. The Balaban J connectivity index is 2.55. The van der Waals surface area contributed by atoms with Gasteiger partial charge in [-0.15, -0.1) is 6.58 Å². The van der Waals surface area contributed by atoms with Crippen LogP contribution < -0.4 is 0 Å². The first kappa shape index (κ1) is 10.4. The van der Waals surface area contributed by atoms with Crippen LogP contribution in [0.1, 0.15) is 6.42 Å². The fraction of sp³-hybridized carbons (Fsp3) is 0.600. The van der Waals surface area contributed by atoms with Crippen molar-refractivity contribution in [1.82, 2.24) is 0 Å². The van der Waals surface area contributed by atoms with Crippen LogP contribution in [0.4, 0.5) is 0 Å².